The molecule has 3 heteroatoms. The van der Waals surface area contributed by atoms with E-state index in [1.807, 2.05) is 0 Å². The third kappa shape index (κ3) is 3.59. The van der Waals surface area contributed by atoms with Crippen molar-refractivity contribution in [1.82, 2.24) is 0 Å². The summed E-state index contributed by atoms with van der Waals surface area (Å²) in [4.78, 5) is 1.32. The normalized spacial score (nSPS) is 27.2. The Morgan fingerprint density at radius 1 is 1.42 bits per heavy atom. The summed E-state index contributed by atoms with van der Waals surface area (Å²) in [6, 6.07) is 2.22. The molecular formula is C16H27NOS. The Bertz CT molecular complexity index is 388. The van der Waals surface area contributed by atoms with E-state index in [1.165, 1.54) is 42.5 Å². The summed E-state index contributed by atoms with van der Waals surface area (Å²) in [5.41, 5.74) is 7.50. The molecule has 2 nitrogen and oxygen atoms in total. The van der Waals surface area contributed by atoms with E-state index in [-0.39, 0.29) is 12.1 Å². The summed E-state index contributed by atoms with van der Waals surface area (Å²) >= 11 is 1.78. The van der Waals surface area contributed by atoms with Gasteiger partial charge in [-0.1, -0.05) is 26.2 Å². The standard InChI is InChI=1S/C16H27NOS/c1-4-13-7-5-6-8-14(13)18-15(12(3)17)16-11(2)9-10-19-16/h9-10,12-15H,4-8,17H2,1-3H3. The molecule has 1 aromatic heterocycles. The average Bonchev–Trinajstić information content (AvgIpc) is 2.82. The van der Waals surface area contributed by atoms with E-state index >= 15 is 0 Å². The van der Waals surface area contributed by atoms with Gasteiger partial charge in [0.1, 0.15) is 6.10 Å². The number of thiophene rings is 1. The smallest absolute Gasteiger partial charge is 0.107 e. The van der Waals surface area contributed by atoms with Crippen LogP contribution in [-0.4, -0.2) is 12.1 Å². The number of nitrogens with two attached hydrogens (primary N) is 1. The topological polar surface area (TPSA) is 35.2 Å². The highest BCUT2D eigenvalue weighted by Crippen LogP contribution is 2.36. The van der Waals surface area contributed by atoms with E-state index in [9.17, 15) is 0 Å². The molecule has 0 saturated heterocycles. The lowest BCUT2D eigenvalue weighted by molar-refractivity contribution is -0.0688. The Morgan fingerprint density at radius 2 is 2.16 bits per heavy atom. The molecule has 2 N–H and O–H groups in total. The van der Waals surface area contributed by atoms with Gasteiger partial charge in [-0.2, -0.15) is 0 Å². The van der Waals surface area contributed by atoms with E-state index in [0.29, 0.717) is 6.10 Å². The SMILES string of the molecule is CCC1CCCCC1OC(c1sccc1C)C(C)N. The van der Waals surface area contributed by atoms with Crippen molar-refractivity contribution >= 4 is 11.3 Å². The Hall–Kier alpha value is -0.380. The number of rotatable bonds is 5. The summed E-state index contributed by atoms with van der Waals surface area (Å²) in [7, 11) is 0. The van der Waals surface area contributed by atoms with Gasteiger partial charge in [0.15, 0.2) is 0 Å². The highest BCUT2D eigenvalue weighted by molar-refractivity contribution is 7.10. The molecule has 2 rings (SSSR count). The van der Waals surface area contributed by atoms with Crippen molar-refractivity contribution in [1.29, 1.82) is 0 Å². The Morgan fingerprint density at radius 3 is 2.74 bits per heavy atom. The second-order valence-corrected chi connectivity index (χ2v) is 6.82. The van der Waals surface area contributed by atoms with Crippen LogP contribution in [0.3, 0.4) is 0 Å². The van der Waals surface area contributed by atoms with Gasteiger partial charge in [0, 0.05) is 10.9 Å². The van der Waals surface area contributed by atoms with Crippen molar-refractivity contribution in [2.75, 3.05) is 0 Å². The van der Waals surface area contributed by atoms with Gasteiger partial charge in [-0.15, -0.1) is 11.3 Å². The molecule has 1 fully saturated rings. The van der Waals surface area contributed by atoms with Crippen LogP contribution in [-0.2, 0) is 4.74 Å². The first-order valence-corrected chi connectivity index (χ1v) is 8.46. The molecule has 0 aromatic carbocycles. The number of hydrogen-bond acceptors (Lipinski definition) is 3. The third-order valence-electron chi connectivity index (χ3n) is 4.32. The van der Waals surface area contributed by atoms with Crippen LogP contribution in [0.1, 0.15) is 62.5 Å². The van der Waals surface area contributed by atoms with Gasteiger partial charge in [-0.05, 0) is 49.6 Å². The first-order chi connectivity index (χ1) is 9.13. The van der Waals surface area contributed by atoms with Crippen LogP contribution in [0, 0.1) is 12.8 Å². The zero-order valence-corrected chi connectivity index (χ0v) is 13.2. The van der Waals surface area contributed by atoms with Crippen molar-refractivity contribution in [2.24, 2.45) is 11.7 Å². The maximum absolute atomic E-state index is 6.47. The molecule has 1 aromatic rings. The molecule has 1 saturated carbocycles. The van der Waals surface area contributed by atoms with Crippen molar-refractivity contribution in [2.45, 2.75) is 71.1 Å². The van der Waals surface area contributed by atoms with Gasteiger partial charge in [0.2, 0.25) is 0 Å². The van der Waals surface area contributed by atoms with Gasteiger partial charge < -0.3 is 10.5 Å². The molecule has 1 aliphatic rings. The summed E-state index contributed by atoms with van der Waals surface area (Å²) in [6.07, 6.45) is 6.87. The van der Waals surface area contributed by atoms with Crippen LogP contribution in [0.25, 0.3) is 0 Å². The number of hydrogen-bond donors (Lipinski definition) is 1. The largest absolute Gasteiger partial charge is 0.368 e. The quantitative estimate of drug-likeness (QED) is 0.866. The lowest BCUT2D eigenvalue weighted by Crippen LogP contribution is -2.35. The van der Waals surface area contributed by atoms with Crippen LogP contribution in [0.5, 0.6) is 0 Å². The molecule has 0 amide bonds. The van der Waals surface area contributed by atoms with Gasteiger partial charge in [-0.3, -0.25) is 0 Å². The zero-order chi connectivity index (χ0) is 13.8. The predicted octanol–water partition coefficient (Wildman–Crippen LogP) is 4.43. The molecule has 108 valence electrons. The molecule has 4 unspecified atom stereocenters. The molecule has 19 heavy (non-hydrogen) atoms. The highest BCUT2D eigenvalue weighted by Gasteiger charge is 2.30. The minimum absolute atomic E-state index is 0.0526. The minimum Gasteiger partial charge on any atom is -0.368 e. The van der Waals surface area contributed by atoms with Crippen molar-refractivity contribution in [3.63, 3.8) is 0 Å². The fourth-order valence-electron chi connectivity index (χ4n) is 3.11. The van der Waals surface area contributed by atoms with Gasteiger partial charge in [0.25, 0.3) is 0 Å². The van der Waals surface area contributed by atoms with Gasteiger partial charge in [0.05, 0.1) is 6.10 Å². The predicted molar refractivity (Wildman–Crippen MR) is 82.6 cm³/mol. The fourth-order valence-corrected chi connectivity index (χ4v) is 4.19. The maximum atomic E-state index is 6.47. The lowest BCUT2D eigenvalue weighted by Gasteiger charge is -2.35. The van der Waals surface area contributed by atoms with Crippen LogP contribution >= 0.6 is 11.3 Å². The van der Waals surface area contributed by atoms with Crippen LogP contribution in [0.4, 0.5) is 0 Å². The van der Waals surface area contributed by atoms with Crippen molar-refractivity contribution in [3.05, 3.63) is 21.9 Å². The average molecular weight is 281 g/mol. The van der Waals surface area contributed by atoms with E-state index in [0.717, 1.165) is 5.92 Å². The van der Waals surface area contributed by atoms with E-state index < -0.39 is 0 Å². The second-order valence-electron chi connectivity index (χ2n) is 5.87. The van der Waals surface area contributed by atoms with Crippen LogP contribution in [0.15, 0.2) is 11.4 Å². The van der Waals surface area contributed by atoms with E-state index in [2.05, 4.69) is 32.2 Å². The molecule has 0 bridgehead atoms. The molecule has 0 aliphatic heterocycles. The summed E-state index contributed by atoms with van der Waals surface area (Å²) in [6.45, 7) is 6.50. The third-order valence-corrected chi connectivity index (χ3v) is 5.40. The summed E-state index contributed by atoms with van der Waals surface area (Å²) in [5, 5.41) is 2.14. The van der Waals surface area contributed by atoms with Gasteiger partial charge in [-0.25, -0.2) is 0 Å². The molecule has 0 radical (unpaired) electrons. The fraction of sp³-hybridized carbons (Fsp3) is 0.750. The monoisotopic (exact) mass is 281 g/mol. The Labute approximate surface area is 121 Å². The summed E-state index contributed by atoms with van der Waals surface area (Å²) < 4.78 is 6.47. The maximum Gasteiger partial charge on any atom is 0.107 e. The molecule has 1 heterocycles. The van der Waals surface area contributed by atoms with E-state index in [1.54, 1.807) is 11.3 Å². The van der Waals surface area contributed by atoms with Crippen molar-refractivity contribution < 1.29 is 4.74 Å². The first-order valence-electron chi connectivity index (χ1n) is 7.58. The number of ether oxygens (including phenoxy) is 1. The molecule has 1 aliphatic carbocycles. The van der Waals surface area contributed by atoms with Crippen molar-refractivity contribution in [3.8, 4) is 0 Å². The second kappa shape index (κ2) is 6.87. The van der Waals surface area contributed by atoms with Crippen LogP contribution < -0.4 is 5.73 Å². The molecular weight excluding hydrogens is 254 g/mol. The number of aryl methyl sites for hydroxylation is 1. The highest BCUT2D eigenvalue weighted by atomic mass is 32.1. The zero-order valence-electron chi connectivity index (χ0n) is 12.4. The van der Waals surface area contributed by atoms with Crippen LogP contribution in [0.2, 0.25) is 0 Å². The summed E-state index contributed by atoms with van der Waals surface area (Å²) in [5.74, 6) is 0.718. The Balaban J connectivity index is 2.10. The minimum atomic E-state index is 0.0526. The Kier molecular flexibility index (Phi) is 5.43. The molecule has 4 atom stereocenters. The van der Waals surface area contributed by atoms with E-state index in [4.69, 9.17) is 10.5 Å². The first kappa shape index (κ1) is 15.0. The van der Waals surface area contributed by atoms with Gasteiger partial charge >= 0.3 is 0 Å². The molecule has 0 spiro atoms. The lowest BCUT2D eigenvalue weighted by atomic mass is 9.84.